The smallest absolute Gasteiger partial charge is 0.265 e. The first-order valence-electron chi connectivity index (χ1n) is 8.15. The summed E-state index contributed by atoms with van der Waals surface area (Å²) in [7, 11) is 0. The second-order valence-corrected chi connectivity index (χ2v) is 6.15. The predicted molar refractivity (Wildman–Crippen MR) is 96.9 cm³/mol. The van der Waals surface area contributed by atoms with Crippen LogP contribution in [0.5, 0.6) is 0 Å². The molecule has 0 radical (unpaired) electrons. The number of hydrogen-bond acceptors (Lipinski definition) is 4. The van der Waals surface area contributed by atoms with Gasteiger partial charge in [-0.05, 0) is 11.1 Å². The Hall–Kier alpha value is -2.63. The molecule has 0 spiro atoms. The quantitative estimate of drug-likeness (QED) is 0.701. The molecule has 0 saturated heterocycles. The summed E-state index contributed by atoms with van der Waals surface area (Å²) >= 11 is 6.12. The molecule has 5 nitrogen and oxygen atoms in total. The summed E-state index contributed by atoms with van der Waals surface area (Å²) in [6.07, 6.45) is 1.27. The highest BCUT2D eigenvalue weighted by atomic mass is 35.5. The van der Waals surface area contributed by atoms with Gasteiger partial charge in [-0.3, -0.25) is 14.5 Å². The normalized spacial score (nSPS) is 15.2. The average molecular weight is 372 g/mol. The van der Waals surface area contributed by atoms with Crippen LogP contribution in [-0.4, -0.2) is 28.8 Å². The van der Waals surface area contributed by atoms with Gasteiger partial charge in [-0.1, -0.05) is 72.3 Å². The Labute approximate surface area is 156 Å². The molecule has 1 heterocycles. The number of benzene rings is 2. The van der Waals surface area contributed by atoms with E-state index in [1.54, 1.807) is 0 Å². The number of hydrogen-bond donors (Lipinski definition) is 0. The molecule has 0 aliphatic carbocycles. The molecule has 0 fully saturated rings. The number of halogens is 1. The molecule has 1 aliphatic heterocycles. The van der Waals surface area contributed by atoms with E-state index < -0.39 is 11.3 Å². The van der Waals surface area contributed by atoms with E-state index in [9.17, 15) is 9.59 Å². The number of ether oxygens (including phenoxy) is 2. The summed E-state index contributed by atoms with van der Waals surface area (Å²) in [5, 5.41) is 0. The molecule has 134 valence electrons. The molecule has 1 unspecified atom stereocenters. The van der Waals surface area contributed by atoms with Gasteiger partial charge in [0.25, 0.3) is 5.91 Å². The molecular weight excluding hydrogens is 354 g/mol. The molecule has 2 aromatic carbocycles. The minimum atomic E-state index is -1.21. The van der Waals surface area contributed by atoms with Crippen molar-refractivity contribution in [3.63, 3.8) is 0 Å². The summed E-state index contributed by atoms with van der Waals surface area (Å²) in [5.41, 5.74) is 0.683. The number of carbonyl (C=O) groups is 2. The van der Waals surface area contributed by atoms with Crippen molar-refractivity contribution < 1.29 is 19.1 Å². The van der Waals surface area contributed by atoms with E-state index in [-0.39, 0.29) is 31.4 Å². The zero-order chi connectivity index (χ0) is 18.4. The Bertz CT molecular complexity index is 792. The van der Waals surface area contributed by atoms with E-state index in [1.807, 2.05) is 60.7 Å². The lowest BCUT2D eigenvalue weighted by atomic mass is 10.1. The number of ketones is 1. The number of carbonyl (C=O) groups excluding carboxylic acids is 2. The maximum absolute atomic E-state index is 12.7. The summed E-state index contributed by atoms with van der Waals surface area (Å²) in [6.45, 7) is 0.353. The molecule has 26 heavy (non-hydrogen) atoms. The average Bonchev–Trinajstić information content (AvgIpc) is 2.69. The van der Waals surface area contributed by atoms with E-state index >= 15 is 0 Å². The van der Waals surface area contributed by atoms with Gasteiger partial charge in [-0.2, -0.15) is 0 Å². The van der Waals surface area contributed by atoms with Crippen molar-refractivity contribution in [1.82, 2.24) is 4.90 Å². The van der Waals surface area contributed by atoms with Crippen LogP contribution in [0.3, 0.4) is 0 Å². The summed E-state index contributed by atoms with van der Waals surface area (Å²) in [5.74, 6) is -0.807. The van der Waals surface area contributed by atoms with Crippen molar-refractivity contribution in [3.05, 3.63) is 83.7 Å². The van der Waals surface area contributed by atoms with Crippen LogP contribution in [0.25, 0.3) is 0 Å². The standard InChI is InChI=1S/C20H18ClNO4/c21-20(26-12-16-9-5-2-6-10-16)19(24)17-13-25-14-18(23)22(17)11-15-7-3-1-4-8-15/h1-10,13,20H,11-12,14H2. The number of rotatable bonds is 7. The Morgan fingerprint density at radius 1 is 1.08 bits per heavy atom. The lowest BCUT2D eigenvalue weighted by Crippen LogP contribution is -2.41. The minimum Gasteiger partial charge on any atom is -0.489 e. The third-order valence-corrected chi connectivity index (χ3v) is 4.20. The van der Waals surface area contributed by atoms with E-state index in [4.69, 9.17) is 21.1 Å². The van der Waals surface area contributed by atoms with Gasteiger partial charge in [0.1, 0.15) is 12.0 Å². The molecule has 0 saturated carbocycles. The number of alkyl halides is 1. The first-order valence-corrected chi connectivity index (χ1v) is 8.58. The number of nitrogens with zero attached hydrogens (tertiary/aromatic N) is 1. The lowest BCUT2D eigenvalue weighted by molar-refractivity contribution is -0.139. The van der Waals surface area contributed by atoms with Gasteiger partial charge in [0.2, 0.25) is 5.78 Å². The third-order valence-electron chi connectivity index (χ3n) is 3.87. The summed E-state index contributed by atoms with van der Waals surface area (Å²) in [6, 6.07) is 18.8. The predicted octanol–water partition coefficient (Wildman–Crippen LogP) is 3.24. The first kappa shape index (κ1) is 18.2. The highest BCUT2D eigenvalue weighted by Gasteiger charge is 2.32. The molecular formula is C20H18ClNO4. The van der Waals surface area contributed by atoms with Crippen molar-refractivity contribution in [3.8, 4) is 0 Å². The van der Waals surface area contributed by atoms with Gasteiger partial charge >= 0.3 is 0 Å². The summed E-state index contributed by atoms with van der Waals surface area (Å²) < 4.78 is 10.6. The van der Waals surface area contributed by atoms with Crippen molar-refractivity contribution in [2.75, 3.05) is 6.61 Å². The Morgan fingerprint density at radius 2 is 1.69 bits per heavy atom. The van der Waals surface area contributed by atoms with Gasteiger partial charge in [-0.25, -0.2) is 0 Å². The Morgan fingerprint density at radius 3 is 2.35 bits per heavy atom. The number of amides is 1. The van der Waals surface area contributed by atoms with Crippen molar-refractivity contribution >= 4 is 23.3 Å². The van der Waals surface area contributed by atoms with Crippen LogP contribution in [0.1, 0.15) is 11.1 Å². The van der Waals surface area contributed by atoms with Crippen molar-refractivity contribution in [1.29, 1.82) is 0 Å². The van der Waals surface area contributed by atoms with Gasteiger partial charge < -0.3 is 9.47 Å². The largest absolute Gasteiger partial charge is 0.489 e. The van der Waals surface area contributed by atoms with Crippen molar-refractivity contribution in [2.24, 2.45) is 0 Å². The molecule has 3 rings (SSSR count). The molecule has 6 heteroatoms. The van der Waals surface area contributed by atoms with E-state index in [1.165, 1.54) is 11.2 Å². The second-order valence-electron chi connectivity index (χ2n) is 5.76. The maximum Gasteiger partial charge on any atom is 0.265 e. The fourth-order valence-electron chi connectivity index (χ4n) is 2.53. The van der Waals surface area contributed by atoms with Crippen LogP contribution in [0.15, 0.2) is 72.6 Å². The lowest BCUT2D eigenvalue weighted by Gasteiger charge is -2.28. The minimum absolute atomic E-state index is 0.0955. The molecule has 0 bridgehead atoms. The van der Waals surface area contributed by atoms with Crippen LogP contribution in [-0.2, 0) is 32.2 Å². The zero-order valence-corrected chi connectivity index (χ0v) is 14.8. The zero-order valence-electron chi connectivity index (χ0n) is 14.0. The fourth-order valence-corrected chi connectivity index (χ4v) is 2.71. The molecule has 2 aromatic rings. The van der Waals surface area contributed by atoms with Gasteiger partial charge in [0.15, 0.2) is 12.2 Å². The Kier molecular flexibility index (Phi) is 6.04. The van der Waals surface area contributed by atoms with Crippen molar-refractivity contribution in [2.45, 2.75) is 18.7 Å². The summed E-state index contributed by atoms with van der Waals surface area (Å²) in [4.78, 5) is 26.3. The van der Waals surface area contributed by atoms with Crippen LogP contribution < -0.4 is 0 Å². The first-order chi connectivity index (χ1) is 12.6. The van der Waals surface area contributed by atoms with E-state index in [2.05, 4.69) is 0 Å². The van der Waals surface area contributed by atoms with Crippen LogP contribution >= 0.6 is 11.6 Å². The van der Waals surface area contributed by atoms with Crippen LogP contribution in [0.4, 0.5) is 0 Å². The van der Waals surface area contributed by atoms with Crippen LogP contribution in [0, 0.1) is 0 Å². The fraction of sp³-hybridized carbons (Fsp3) is 0.200. The van der Waals surface area contributed by atoms with E-state index in [0.717, 1.165) is 11.1 Å². The Balaban J connectivity index is 1.68. The van der Waals surface area contributed by atoms with Crippen LogP contribution in [0.2, 0.25) is 0 Å². The third kappa shape index (κ3) is 4.50. The van der Waals surface area contributed by atoms with E-state index in [0.29, 0.717) is 0 Å². The molecule has 0 N–H and O–H groups in total. The number of Topliss-reactive ketones (excluding diaryl/α,β-unsaturated/α-hetero) is 1. The second kappa shape index (κ2) is 8.65. The molecule has 1 aliphatic rings. The molecule has 1 amide bonds. The molecule has 0 aromatic heterocycles. The highest BCUT2D eigenvalue weighted by molar-refractivity contribution is 6.32. The maximum atomic E-state index is 12.7. The van der Waals surface area contributed by atoms with Gasteiger partial charge in [-0.15, -0.1) is 0 Å². The SMILES string of the molecule is O=C(C1=COCC(=O)N1Cc1ccccc1)C(Cl)OCc1ccccc1. The monoisotopic (exact) mass is 371 g/mol. The van der Waals surface area contributed by atoms with Gasteiger partial charge in [0, 0.05) is 0 Å². The van der Waals surface area contributed by atoms with Gasteiger partial charge in [0.05, 0.1) is 13.2 Å². The highest BCUT2D eigenvalue weighted by Crippen LogP contribution is 2.20. The molecule has 1 atom stereocenters. The topological polar surface area (TPSA) is 55.8 Å².